The average Bonchev–Trinajstić information content (AvgIpc) is 2.95. The Balaban J connectivity index is 1.62. The molecule has 0 bridgehead atoms. The van der Waals surface area contributed by atoms with Gasteiger partial charge in [-0.25, -0.2) is 4.79 Å². The third-order valence-corrected chi connectivity index (χ3v) is 4.81. The number of imide groups is 1. The van der Waals surface area contributed by atoms with Crippen molar-refractivity contribution in [2.45, 2.75) is 32.2 Å². The van der Waals surface area contributed by atoms with E-state index in [1.165, 1.54) is 0 Å². The average molecular weight is 381 g/mol. The van der Waals surface area contributed by atoms with E-state index in [0.29, 0.717) is 17.7 Å². The third-order valence-electron chi connectivity index (χ3n) is 4.81. The number of urea groups is 1. The number of rotatable bonds is 7. The normalized spacial score (nSPS) is 18.7. The van der Waals surface area contributed by atoms with E-state index >= 15 is 0 Å². The van der Waals surface area contributed by atoms with Crippen molar-refractivity contribution in [1.82, 2.24) is 15.8 Å². The van der Waals surface area contributed by atoms with E-state index in [-0.39, 0.29) is 13.0 Å². The van der Waals surface area contributed by atoms with Crippen LogP contribution in [0.15, 0.2) is 54.6 Å². The molecule has 4 amide bonds. The number of carbonyl (C=O) groups excluding carboxylic acids is 3. The van der Waals surface area contributed by atoms with Gasteiger partial charge in [-0.3, -0.25) is 15.0 Å². The van der Waals surface area contributed by atoms with Crippen molar-refractivity contribution in [3.05, 3.63) is 65.7 Å². The highest BCUT2D eigenvalue weighted by atomic mass is 16.5. The van der Waals surface area contributed by atoms with Crippen LogP contribution in [0.4, 0.5) is 4.79 Å². The number of hydrogen-bond donors (Lipinski definition) is 2. The quantitative estimate of drug-likeness (QED) is 0.722. The second-order valence-corrected chi connectivity index (χ2v) is 6.59. The molecule has 28 heavy (non-hydrogen) atoms. The fourth-order valence-electron chi connectivity index (χ4n) is 3.19. The summed E-state index contributed by atoms with van der Waals surface area (Å²) < 4.78 is 5.59. The first-order valence-corrected chi connectivity index (χ1v) is 9.18. The summed E-state index contributed by atoms with van der Waals surface area (Å²) in [6.07, 6.45) is 0.375. The maximum atomic E-state index is 12.9. The van der Waals surface area contributed by atoms with Crippen LogP contribution in [0.1, 0.15) is 30.9 Å². The summed E-state index contributed by atoms with van der Waals surface area (Å²) in [5.41, 5.74) is 2.86. The highest BCUT2D eigenvalue weighted by Crippen LogP contribution is 2.31. The van der Waals surface area contributed by atoms with Gasteiger partial charge in [-0.05, 0) is 30.5 Å². The Morgan fingerprint density at radius 3 is 2.46 bits per heavy atom. The van der Waals surface area contributed by atoms with Gasteiger partial charge in [-0.2, -0.15) is 5.01 Å². The highest BCUT2D eigenvalue weighted by molar-refractivity contribution is 6.08. The van der Waals surface area contributed by atoms with Crippen molar-refractivity contribution in [3.8, 4) is 5.75 Å². The second kappa shape index (κ2) is 8.12. The first kappa shape index (κ1) is 19.4. The molecule has 1 aliphatic heterocycles. The molecule has 0 aromatic heterocycles. The molecule has 0 saturated carbocycles. The minimum atomic E-state index is -1.18. The van der Waals surface area contributed by atoms with Crippen LogP contribution in [0.5, 0.6) is 5.75 Å². The Kier molecular flexibility index (Phi) is 5.63. The number of ether oxygens (including phenoxy) is 1. The summed E-state index contributed by atoms with van der Waals surface area (Å²) in [5, 5.41) is 3.48. The molecule has 1 heterocycles. The van der Waals surface area contributed by atoms with Crippen molar-refractivity contribution in [1.29, 1.82) is 0 Å². The molecule has 1 aliphatic rings. The number of aryl methyl sites for hydroxylation is 1. The first-order valence-electron chi connectivity index (χ1n) is 9.18. The van der Waals surface area contributed by atoms with Gasteiger partial charge in [0.2, 0.25) is 5.91 Å². The topological polar surface area (TPSA) is 87.7 Å². The van der Waals surface area contributed by atoms with E-state index in [9.17, 15) is 14.4 Å². The molecule has 3 rings (SSSR count). The minimum absolute atomic E-state index is 0.00978. The van der Waals surface area contributed by atoms with Crippen LogP contribution in [0.2, 0.25) is 0 Å². The number of nitrogens with zero attached hydrogens (tertiary/aromatic N) is 1. The van der Waals surface area contributed by atoms with Crippen molar-refractivity contribution in [2.24, 2.45) is 0 Å². The van der Waals surface area contributed by atoms with E-state index in [1.807, 2.05) is 44.2 Å². The molecule has 2 aromatic carbocycles. The summed E-state index contributed by atoms with van der Waals surface area (Å²) in [4.78, 5) is 37.5. The van der Waals surface area contributed by atoms with Crippen LogP contribution < -0.4 is 15.5 Å². The summed E-state index contributed by atoms with van der Waals surface area (Å²) in [6, 6.07) is 15.8. The monoisotopic (exact) mass is 381 g/mol. The van der Waals surface area contributed by atoms with Crippen LogP contribution in [0.3, 0.4) is 0 Å². The molecule has 1 fully saturated rings. The number of hydrogen-bond acceptors (Lipinski definition) is 4. The van der Waals surface area contributed by atoms with E-state index in [4.69, 9.17) is 4.74 Å². The fraction of sp³-hybridized carbons (Fsp3) is 0.286. The van der Waals surface area contributed by atoms with Gasteiger partial charge in [0, 0.05) is 0 Å². The van der Waals surface area contributed by atoms with E-state index < -0.39 is 23.4 Å². The molecule has 2 aromatic rings. The Hall–Kier alpha value is -3.35. The van der Waals surface area contributed by atoms with Gasteiger partial charge in [0.1, 0.15) is 11.3 Å². The Labute approximate surface area is 163 Å². The predicted molar refractivity (Wildman–Crippen MR) is 103 cm³/mol. The van der Waals surface area contributed by atoms with Crippen LogP contribution >= 0.6 is 0 Å². The zero-order valence-corrected chi connectivity index (χ0v) is 15.9. The predicted octanol–water partition coefficient (Wildman–Crippen LogP) is 2.65. The summed E-state index contributed by atoms with van der Waals surface area (Å²) in [7, 11) is 0. The lowest BCUT2D eigenvalue weighted by atomic mass is 9.87. The van der Waals surface area contributed by atoms with Crippen LogP contribution in [-0.2, 0) is 15.1 Å². The van der Waals surface area contributed by atoms with Gasteiger partial charge >= 0.3 is 6.03 Å². The lowest BCUT2D eigenvalue weighted by molar-refractivity contribution is -0.139. The number of benzene rings is 2. The molecule has 0 spiro atoms. The molecular formula is C21H23N3O4. The van der Waals surface area contributed by atoms with Crippen molar-refractivity contribution < 1.29 is 19.1 Å². The summed E-state index contributed by atoms with van der Waals surface area (Å²) in [5.74, 6) is -0.282. The van der Waals surface area contributed by atoms with Gasteiger partial charge in [0.05, 0.1) is 13.0 Å². The molecule has 146 valence electrons. The molecule has 7 nitrogen and oxygen atoms in total. The molecule has 2 N–H and O–H groups in total. The fourth-order valence-corrected chi connectivity index (χ4v) is 3.19. The maximum Gasteiger partial charge on any atom is 0.344 e. The van der Waals surface area contributed by atoms with Crippen molar-refractivity contribution in [3.63, 3.8) is 0 Å². The van der Waals surface area contributed by atoms with Gasteiger partial charge in [-0.15, -0.1) is 0 Å². The Bertz CT molecular complexity index is 884. The number of carbonyl (C=O) groups is 3. The standard InChI is InChI=1S/C21H23N3O4/c1-3-21(16-10-5-4-6-11-16)19(26)24(20(27)22-21)23-18(25)13-14-28-17-12-8-7-9-15(17)2/h4-12H,3,13-14H2,1-2H3,(H,22,27)(H,23,25)/t21-/m0/s1. The number of hydrazine groups is 1. The van der Waals surface area contributed by atoms with Crippen LogP contribution in [0, 0.1) is 6.92 Å². The zero-order chi connectivity index (χ0) is 20.1. The van der Waals surface area contributed by atoms with Crippen LogP contribution in [0.25, 0.3) is 0 Å². The molecule has 1 saturated heterocycles. The number of amides is 4. The molecule has 0 unspecified atom stereocenters. The van der Waals surface area contributed by atoms with E-state index in [2.05, 4.69) is 10.7 Å². The van der Waals surface area contributed by atoms with E-state index in [0.717, 1.165) is 10.6 Å². The van der Waals surface area contributed by atoms with Gasteiger partial charge < -0.3 is 10.1 Å². The van der Waals surface area contributed by atoms with Gasteiger partial charge in [-0.1, -0.05) is 55.5 Å². The molecule has 1 atom stereocenters. The molecular weight excluding hydrogens is 358 g/mol. The Morgan fingerprint density at radius 2 is 1.79 bits per heavy atom. The Morgan fingerprint density at radius 1 is 1.11 bits per heavy atom. The second-order valence-electron chi connectivity index (χ2n) is 6.59. The SMILES string of the molecule is CC[C@@]1(c2ccccc2)NC(=O)N(NC(=O)CCOc2ccccc2C)C1=O. The van der Waals surface area contributed by atoms with Crippen molar-refractivity contribution >= 4 is 17.8 Å². The van der Waals surface area contributed by atoms with E-state index in [1.54, 1.807) is 24.3 Å². The molecule has 0 aliphatic carbocycles. The summed E-state index contributed by atoms with van der Waals surface area (Å²) >= 11 is 0. The van der Waals surface area contributed by atoms with Gasteiger partial charge in [0.15, 0.2) is 0 Å². The molecule has 7 heteroatoms. The van der Waals surface area contributed by atoms with Crippen LogP contribution in [-0.4, -0.2) is 29.5 Å². The minimum Gasteiger partial charge on any atom is -0.493 e. The van der Waals surface area contributed by atoms with Gasteiger partial charge in [0.25, 0.3) is 5.91 Å². The third kappa shape index (κ3) is 3.69. The number of nitrogens with one attached hydrogen (secondary N) is 2. The largest absolute Gasteiger partial charge is 0.493 e. The smallest absolute Gasteiger partial charge is 0.344 e. The first-order chi connectivity index (χ1) is 13.5. The maximum absolute atomic E-state index is 12.9. The van der Waals surface area contributed by atoms with Crippen molar-refractivity contribution in [2.75, 3.05) is 6.61 Å². The lowest BCUT2D eigenvalue weighted by Crippen LogP contribution is -2.48. The molecule has 0 radical (unpaired) electrons. The highest BCUT2D eigenvalue weighted by Gasteiger charge is 2.52. The summed E-state index contributed by atoms with van der Waals surface area (Å²) in [6.45, 7) is 3.86. The number of para-hydroxylation sites is 1. The zero-order valence-electron chi connectivity index (χ0n) is 15.9. The lowest BCUT2D eigenvalue weighted by Gasteiger charge is -2.25.